The van der Waals surface area contributed by atoms with Crippen LogP contribution in [-0.2, 0) is 23.3 Å². The predicted octanol–water partition coefficient (Wildman–Crippen LogP) is 13.3. The van der Waals surface area contributed by atoms with Crippen LogP contribution >= 0.6 is 24.8 Å². The molecule has 0 amide bonds. The first kappa shape index (κ1) is 42.3. The number of aryl methyl sites for hydroxylation is 4. The summed E-state index contributed by atoms with van der Waals surface area (Å²) in [6, 6.07) is 42.3. The molecule has 0 aliphatic rings. The molecule has 2 radical (unpaired) electrons. The van der Waals surface area contributed by atoms with Crippen LogP contribution in [0.25, 0.3) is 54.6 Å². The SMILES string of the molecule is CC(C)c1cc2c(-c3cccc4ccccc34)cccc2[cH-]1.Cc1ccc(C)c(-c2ccc(C)c3[cH-]c(C)cc23)c1.Cl.Cl.[CH3-].[CH3-].[Si]=[Zr]. The molecule has 0 bridgehead atoms. The van der Waals surface area contributed by atoms with E-state index in [0.29, 0.717) is 5.92 Å². The van der Waals surface area contributed by atoms with Crippen molar-refractivity contribution >= 4 is 64.0 Å². The molecule has 0 aliphatic carbocycles. The van der Waals surface area contributed by atoms with Gasteiger partial charge in [0.15, 0.2) is 0 Å². The number of benzene rings is 5. The molecule has 0 saturated heterocycles. The quantitative estimate of drug-likeness (QED) is 0.125. The van der Waals surface area contributed by atoms with E-state index in [-0.39, 0.29) is 39.7 Å². The van der Waals surface area contributed by atoms with E-state index in [0.717, 1.165) is 0 Å². The fourth-order valence-electron chi connectivity index (χ4n) is 6.14. The van der Waals surface area contributed by atoms with Gasteiger partial charge < -0.3 is 14.9 Å². The van der Waals surface area contributed by atoms with Crippen molar-refractivity contribution in [3.63, 3.8) is 0 Å². The van der Waals surface area contributed by atoms with Crippen molar-refractivity contribution in [2.75, 3.05) is 0 Å². The summed E-state index contributed by atoms with van der Waals surface area (Å²) < 4.78 is 0. The minimum absolute atomic E-state index is 0. The number of hydrogen-bond acceptors (Lipinski definition) is 0. The first-order valence-electron chi connectivity index (χ1n) is 15.0. The van der Waals surface area contributed by atoms with Gasteiger partial charge in [0.1, 0.15) is 0 Å². The van der Waals surface area contributed by atoms with E-state index in [4.69, 9.17) is 0 Å². The third kappa shape index (κ3) is 9.04. The Morgan fingerprint density at radius 3 is 1.85 bits per heavy atom. The Bertz CT molecular complexity index is 2040. The summed E-state index contributed by atoms with van der Waals surface area (Å²) in [5, 5.41) is 8.09. The Morgan fingerprint density at radius 2 is 1.15 bits per heavy atom. The molecule has 244 valence electrons. The van der Waals surface area contributed by atoms with Crippen LogP contribution in [0, 0.1) is 42.5 Å². The molecular formula is C43H46Cl2SiZr-4. The van der Waals surface area contributed by atoms with Crippen molar-refractivity contribution in [2.45, 2.75) is 47.5 Å². The van der Waals surface area contributed by atoms with E-state index in [1.807, 2.05) is 0 Å². The van der Waals surface area contributed by atoms with Gasteiger partial charge in [0, 0.05) is 0 Å². The Morgan fingerprint density at radius 1 is 0.553 bits per heavy atom. The fraction of sp³-hybridized carbons (Fsp3) is 0.163. The Labute approximate surface area is 312 Å². The van der Waals surface area contributed by atoms with Crippen LogP contribution in [0.15, 0.2) is 115 Å². The molecule has 0 saturated carbocycles. The van der Waals surface area contributed by atoms with Crippen molar-refractivity contribution in [3.05, 3.63) is 158 Å². The van der Waals surface area contributed by atoms with Gasteiger partial charge in [0.2, 0.25) is 0 Å². The van der Waals surface area contributed by atoms with Gasteiger partial charge in [-0.15, -0.1) is 93.4 Å². The average Bonchev–Trinajstić information content (AvgIpc) is 3.64. The molecule has 0 N–H and O–H groups in total. The topological polar surface area (TPSA) is 0 Å². The zero-order valence-electron chi connectivity index (χ0n) is 28.9. The van der Waals surface area contributed by atoms with E-state index < -0.39 is 0 Å². The molecule has 47 heavy (non-hydrogen) atoms. The first-order valence-corrected chi connectivity index (χ1v) is 19.2. The summed E-state index contributed by atoms with van der Waals surface area (Å²) in [4.78, 5) is 0. The molecule has 0 aliphatic heterocycles. The van der Waals surface area contributed by atoms with Gasteiger partial charge in [-0.05, 0) is 47.2 Å². The van der Waals surface area contributed by atoms with Crippen LogP contribution in [0.1, 0.15) is 47.6 Å². The minimum atomic E-state index is 0. The fourth-order valence-corrected chi connectivity index (χ4v) is 6.14. The number of rotatable bonds is 3. The van der Waals surface area contributed by atoms with E-state index in [9.17, 15) is 0 Å². The van der Waals surface area contributed by atoms with Crippen molar-refractivity contribution in [1.82, 2.24) is 0 Å². The molecule has 7 aromatic rings. The zero-order valence-corrected chi connectivity index (χ0v) is 34.0. The van der Waals surface area contributed by atoms with Gasteiger partial charge in [-0.25, -0.2) is 0 Å². The van der Waals surface area contributed by atoms with Gasteiger partial charge >= 0.3 is 30.2 Å². The molecule has 0 aromatic heterocycles. The zero-order chi connectivity index (χ0) is 30.7. The van der Waals surface area contributed by atoms with Crippen molar-refractivity contribution in [1.29, 1.82) is 0 Å². The molecule has 0 unspecified atom stereocenters. The monoisotopic (exact) mass is 750 g/mol. The van der Waals surface area contributed by atoms with E-state index in [1.54, 1.807) is 0 Å². The van der Waals surface area contributed by atoms with E-state index in [1.165, 1.54) is 106 Å². The molecule has 7 aromatic carbocycles. The van der Waals surface area contributed by atoms with Crippen LogP contribution in [0.2, 0.25) is 0 Å². The molecule has 0 heterocycles. The van der Waals surface area contributed by atoms with Gasteiger partial charge in [-0.3, -0.25) is 0 Å². The summed E-state index contributed by atoms with van der Waals surface area (Å²) >= 11 is 1.36. The van der Waals surface area contributed by atoms with Crippen molar-refractivity contribution in [3.8, 4) is 22.3 Å². The van der Waals surface area contributed by atoms with Crippen LogP contribution in [-0.4, -0.2) is 6.88 Å². The van der Waals surface area contributed by atoms with Crippen LogP contribution in [0.4, 0.5) is 0 Å². The second kappa shape index (κ2) is 18.7. The number of halogens is 2. The summed E-state index contributed by atoms with van der Waals surface area (Å²) in [7, 11) is 0. The Hall–Kier alpha value is -2.74. The van der Waals surface area contributed by atoms with E-state index in [2.05, 4.69) is 164 Å². The molecule has 0 fully saturated rings. The number of hydrogen-bond donors (Lipinski definition) is 0. The van der Waals surface area contributed by atoms with Gasteiger partial charge in [0.25, 0.3) is 0 Å². The first-order chi connectivity index (χ1) is 20.8. The molecule has 7 rings (SSSR count). The predicted molar refractivity (Wildman–Crippen MR) is 214 cm³/mol. The second-order valence-corrected chi connectivity index (χ2v) is 11.9. The third-order valence-corrected chi connectivity index (χ3v) is 8.45. The standard InChI is InChI=1S/C22H19.C19H19.2CH3.2ClH.Si.Zr/c1-15(2)18-13-17-9-6-12-21(22(17)14-18)20-11-5-8-16-7-3-4-10-19(16)20;1-12-5-6-14(3)17(9-12)16-8-7-15(4)18-10-13(2)11-19(16)18;;;;;;/h3-15H,1-2H3;5-11H,1-4H3;2*1H3;2*1H;;/q4*-1;;;;. The normalized spacial score (nSPS) is 10.0. The molecular weight excluding hydrogens is 707 g/mol. The van der Waals surface area contributed by atoms with Crippen LogP contribution < -0.4 is 0 Å². The number of fused-ring (bicyclic) bond motifs is 3. The summed E-state index contributed by atoms with van der Waals surface area (Å²) in [6.07, 6.45) is 0. The molecule has 0 atom stereocenters. The Balaban J connectivity index is 0.000000416. The summed E-state index contributed by atoms with van der Waals surface area (Å²) in [5.74, 6) is 0.563. The maximum atomic E-state index is 3.06. The van der Waals surface area contributed by atoms with Gasteiger partial charge in [0.05, 0.1) is 0 Å². The third-order valence-electron chi connectivity index (χ3n) is 8.45. The maximum absolute atomic E-state index is 3.06. The summed E-state index contributed by atoms with van der Waals surface area (Å²) in [5.41, 5.74) is 12.2. The Kier molecular flexibility index (Phi) is 16.8. The van der Waals surface area contributed by atoms with Crippen LogP contribution in [0.3, 0.4) is 0 Å². The van der Waals surface area contributed by atoms with Crippen molar-refractivity contribution < 1.29 is 23.3 Å². The van der Waals surface area contributed by atoms with Crippen LogP contribution in [0.5, 0.6) is 0 Å². The second-order valence-electron chi connectivity index (χ2n) is 11.9. The molecule has 4 heteroatoms. The average molecular weight is 753 g/mol. The van der Waals surface area contributed by atoms with Gasteiger partial charge in [-0.2, -0.15) is 12.1 Å². The van der Waals surface area contributed by atoms with Gasteiger partial charge in [-0.1, -0.05) is 117 Å². The van der Waals surface area contributed by atoms with Crippen molar-refractivity contribution in [2.24, 2.45) is 0 Å². The van der Waals surface area contributed by atoms with E-state index >= 15 is 0 Å². The summed E-state index contributed by atoms with van der Waals surface area (Å²) in [6.45, 7) is 16.3. The molecule has 0 nitrogen and oxygen atoms in total. The molecule has 0 spiro atoms.